The van der Waals surface area contributed by atoms with E-state index < -0.39 is 0 Å². The van der Waals surface area contributed by atoms with Crippen LogP contribution in [0.5, 0.6) is 0 Å². The number of hydrogen-bond acceptors (Lipinski definition) is 1. The van der Waals surface area contributed by atoms with Crippen molar-refractivity contribution < 1.29 is 4.79 Å². The van der Waals surface area contributed by atoms with Crippen molar-refractivity contribution >= 4 is 40.7 Å². The van der Waals surface area contributed by atoms with E-state index in [0.29, 0.717) is 22.6 Å². The van der Waals surface area contributed by atoms with E-state index in [2.05, 4.69) is 0 Å². The Balaban J connectivity index is 2.11. The van der Waals surface area contributed by atoms with Gasteiger partial charge in [0.25, 0.3) is 0 Å². The topological polar surface area (TPSA) is 20.3 Å². The number of carbonyl (C=O) groups is 1. The first-order chi connectivity index (χ1) is 8.11. The molecule has 2 nitrogen and oxygen atoms in total. The Kier molecular flexibility index (Phi) is 4.18. The van der Waals surface area contributed by atoms with E-state index in [1.165, 1.54) is 0 Å². The second kappa shape index (κ2) is 5.47. The first kappa shape index (κ1) is 13.0. The molecular weight excluding hydrogens is 280 g/mol. The molecule has 0 saturated heterocycles. The molecule has 0 atom stereocenters. The second-order valence-corrected chi connectivity index (χ2v) is 5.22. The maximum Gasteiger partial charge on any atom is 0.238 e. The lowest BCUT2D eigenvalue weighted by Crippen LogP contribution is -2.33. The van der Waals surface area contributed by atoms with Gasteiger partial charge in [0, 0.05) is 12.6 Å². The molecule has 92 valence electrons. The first-order valence-electron chi connectivity index (χ1n) is 5.41. The molecule has 1 amide bonds. The lowest BCUT2D eigenvalue weighted by molar-refractivity contribution is -0.129. The van der Waals surface area contributed by atoms with Crippen LogP contribution >= 0.6 is 34.8 Å². The fraction of sp³-hybridized carbons (Fsp3) is 0.417. The molecular formula is C12H12Cl3NO. The fourth-order valence-electron chi connectivity index (χ4n) is 1.72. The lowest BCUT2D eigenvalue weighted by Gasteiger charge is -2.21. The molecule has 1 saturated carbocycles. The van der Waals surface area contributed by atoms with Gasteiger partial charge in [0.05, 0.1) is 10.0 Å². The fourth-order valence-corrected chi connectivity index (χ4v) is 2.19. The van der Waals surface area contributed by atoms with Crippen molar-refractivity contribution in [1.82, 2.24) is 4.90 Å². The van der Waals surface area contributed by atoms with Gasteiger partial charge in [-0.3, -0.25) is 4.79 Å². The smallest absolute Gasteiger partial charge is 0.238 e. The Labute approximate surface area is 115 Å². The van der Waals surface area contributed by atoms with Gasteiger partial charge in [0.2, 0.25) is 5.91 Å². The first-order valence-corrected chi connectivity index (χ1v) is 6.70. The average molecular weight is 293 g/mol. The van der Waals surface area contributed by atoms with Gasteiger partial charge < -0.3 is 4.90 Å². The molecule has 1 fully saturated rings. The summed E-state index contributed by atoms with van der Waals surface area (Å²) in [5.74, 6) is -0.00194. The van der Waals surface area contributed by atoms with E-state index in [-0.39, 0.29) is 11.8 Å². The Hall–Kier alpha value is -0.440. The maximum atomic E-state index is 11.7. The van der Waals surface area contributed by atoms with Crippen molar-refractivity contribution in [2.24, 2.45) is 0 Å². The minimum atomic E-state index is -0.0276. The molecule has 1 aromatic carbocycles. The highest BCUT2D eigenvalue weighted by atomic mass is 35.5. The highest BCUT2D eigenvalue weighted by molar-refractivity contribution is 6.42. The Morgan fingerprint density at radius 3 is 2.53 bits per heavy atom. The molecule has 0 bridgehead atoms. The molecule has 1 aromatic rings. The van der Waals surface area contributed by atoms with Crippen LogP contribution in [0, 0.1) is 0 Å². The van der Waals surface area contributed by atoms with Crippen LogP contribution in [0.15, 0.2) is 18.2 Å². The molecule has 5 heteroatoms. The van der Waals surface area contributed by atoms with Gasteiger partial charge in [-0.1, -0.05) is 29.3 Å². The zero-order valence-corrected chi connectivity index (χ0v) is 11.4. The second-order valence-electron chi connectivity index (χ2n) is 4.13. The average Bonchev–Trinajstić information content (AvgIpc) is 3.13. The number of hydrogen-bond donors (Lipinski definition) is 0. The molecule has 0 heterocycles. The summed E-state index contributed by atoms with van der Waals surface area (Å²) < 4.78 is 0. The third-order valence-electron chi connectivity index (χ3n) is 2.76. The van der Waals surface area contributed by atoms with E-state index in [9.17, 15) is 4.79 Å². The third kappa shape index (κ3) is 3.27. The third-order valence-corrected chi connectivity index (χ3v) is 3.73. The number of nitrogens with zero attached hydrogens (tertiary/aromatic N) is 1. The predicted molar refractivity (Wildman–Crippen MR) is 70.8 cm³/mol. The summed E-state index contributed by atoms with van der Waals surface area (Å²) in [6, 6.07) is 5.76. The molecule has 0 unspecified atom stereocenters. The summed E-state index contributed by atoms with van der Waals surface area (Å²) >= 11 is 17.4. The van der Waals surface area contributed by atoms with Gasteiger partial charge in [-0.2, -0.15) is 0 Å². The van der Waals surface area contributed by atoms with Crippen LogP contribution in [0.4, 0.5) is 0 Å². The van der Waals surface area contributed by atoms with Crippen LogP contribution in [0.3, 0.4) is 0 Å². The van der Waals surface area contributed by atoms with E-state index >= 15 is 0 Å². The molecule has 0 N–H and O–H groups in total. The van der Waals surface area contributed by atoms with Crippen molar-refractivity contribution in [3.8, 4) is 0 Å². The summed E-state index contributed by atoms with van der Waals surface area (Å²) in [5, 5.41) is 1.04. The SMILES string of the molecule is O=C(CCl)N(Cc1ccc(Cl)c(Cl)c1)C1CC1. The standard InChI is InChI=1S/C12H12Cl3NO/c13-6-12(17)16(9-2-3-9)7-8-1-4-10(14)11(15)5-8/h1,4-5,9H,2-3,6-7H2. The molecule has 0 aliphatic heterocycles. The number of alkyl halides is 1. The Morgan fingerprint density at radius 1 is 1.29 bits per heavy atom. The maximum absolute atomic E-state index is 11.7. The number of rotatable bonds is 4. The van der Waals surface area contributed by atoms with E-state index in [1.54, 1.807) is 12.1 Å². The predicted octanol–water partition coefficient (Wildman–Crippen LogP) is 3.72. The Bertz CT molecular complexity index is 432. The van der Waals surface area contributed by atoms with Crippen molar-refractivity contribution in [1.29, 1.82) is 0 Å². The molecule has 0 aromatic heterocycles. The molecule has 1 aliphatic carbocycles. The minimum absolute atomic E-state index is 0.0256. The Morgan fingerprint density at radius 2 is 2.00 bits per heavy atom. The van der Waals surface area contributed by atoms with Gasteiger partial charge in [0.1, 0.15) is 5.88 Å². The van der Waals surface area contributed by atoms with Crippen LogP contribution in [0.2, 0.25) is 10.0 Å². The summed E-state index contributed by atoms with van der Waals surface area (Å²) in [4.78, 5) is 13.5. The number of carbonyl (C=O) groups excluding carboxylic acids is 1. The highest BCUT2D eigenvalue weighted by Gasteiger charge is 2.31. The van der Waals surface area contributed by atoms with Gasteiger partial charge in [-0.25, -0.2) is 0 Å². The van der Waals surface area contributed by atoms with Crippen LogP contribution in [-0.4, -0.2) is 22.7 Å². The molecule has 17 heavy (non-hydrogen) atoms. The minimum Gasteiger partial charge on any atom is -0.334 e. The van der Waals surface area contributed by atoms with Gasteiger partial charge >= 0.3 is 0 Å². The van der Waals surface area contributed by atoms with Crippen LogP contribution < -0.4 is 0 Å². The number of amides is 1. The zero-order chi connectivity index (χ0) is 12.4. The van der Waals surface area contributed by atoms with Crippen LogP contribution in [-0.2, 0) is 11.3 Å². The molecule has 0 spiro atoms. The quantitative estimate of drug-likeness (QED) is 0.775. The van der Waals surface area contributed by atoms with Crippen molar-refractivity contribution in [2.75, 3.05) is 5.88 Å². The van der Waals surface area contributed by atoms with Crippen LogP contribution in [0.1, 0.15) is 18.4 Å². The highest BCUT2D eigenvalue weighted by Crippen LogP contribution is 2.30. The van der Waals surface area contributed by atoms with Gasteiger partial charge in [0.15, 0.2) is 0 Å². The normalized spacial score (nSPS) is 14.8. The van der Waals surface area contributed by atoms with Crippen molar-refractivity contribution in [2.45, 2.75) is 25.4 Å². The molecule has 0 radical (unpaired) electrons. The summed E-state index contributed by atoms with van der Waals surface area (Å²) in [6.45, 7) is 0.549. The van der Waals surface area contributed by atoms with E-state index in [0.717, 1.165) is 18.4 Å². The summed E-state index contributed by atoms with van der Waals surface area (Å²) in [7, 11) is 0. The van der Waals surface area contributed by atoms with Gasteiger partial charge in [-0.15, -0.1) is 11.6 Å². The summed E-state index contributed by atoms with van der Waals surface area (Å²) in [6.07, 6.45) is 2.12. The van der Waals surface area contributed by atoms with Crippen molar-refractivity contribution in [3.05, 3.63) is 33.8 Å². The van der Waals surface area contributed by atoms with E-state index in [4.69, 9.17) is 34.8 Å². The largest absolute Gasteiger partial charge is 0.334 e. The van der Waals surface area contributed by atoms with Crippen molar-refractivity contribution in [3.63, 3.8) is 0 Å². The lowest BCUT2D eigenvalue weighted by atomic mass is 10.2. The molecule has 2 rings (SSSR count). The van der Waals surface area contributed by atoms with Gasteiger partial charge in [-0.05, 0) is 30.5 Å². The summed E-state index contributed by atoms with van der Waals surface area (Å²) in [5.41, 5.74) is 0.977. The monoisotopic (exact) mass is 291 g/mol. The number of benzene rings is 1. The van der Waals surface area contributed by atoms with Crippen LogP contribution in [0.25, 0.3) is 0 Å². The number of halogens is 3. The molecule has 1 aliphatic rings. The van der Waals surface area contributed by atoms with E-state index in [1.807, 2.05) is 11.0 Å². The zero-order valence-electron chi connectivity index (χ0n) is 9.13.